The largest absolute Gasteiger partial charge is 0.477 e. The van der Waals surface area contributed by atoms with E-state index >= 15 is 0 Å². The van der Waals surface area contributed by atoms with Crippen LogP contribution in [-0.2, 0) is 52.5 Å². The SMILES string of the molecule is [2H]CC(O)C(O)C1OC(OCCC(CCOC2(C(=O)O)CC(O)C(NOCC)C(C(O)C(O)CO)O2)C(CCCOC2(C(=O)O)CC(O)C(NOCC)C(C(O)C(O)CO)O2)CC(C)C(C(C)C)C(C)C)(C(=O)O)CC(O)C1CC. The fourth-order valence-electron chi connectivity index (χ4n) is 11.9. The summed E-state index contributed by atoms with van der Waals surface area (Å²) in [5.41, 5.74) is 5.03. The first kappa shape index (κ1) is 69.1. The molecule has 3 heterocycles. The molecule has 21 unspecified atom stereocenters. The van der Waals surface area contributed by atoms with E-state index in [4.69, 9.17) is 39.5 Å². The Bertz CT molecular complexity index is 1830. The van der Waals surface area contributed by atoms with Gasteiger partial charge in [-0.05, 0) is 94.8 Å². The quantitative estimate of drug-likeness (QED) is 0.0251. The van der Waals surface area contributed by atoms with Crippen LogP contribution in [0.5, 0.6) is 0 Å². The Kier molecular flexibility index (Phi) is 28.5. The maximum Gasteiger partial charge on any atom is 0.364 e. The number of hydrogen-bond acceptors (Lipinski definition) is 24. The van der Waals surface area contributed by atoms with Crippen LogP contribution in [0.2, 0.25) is 0 Å². The number of aliphatic hydroxyl groups is 11. The first-order valence-corrected chi connectivity index (χ1v) is 27.7. The van der Waals surface area contributed by atoms with E-state index in [-0.39, 0.29) is 75.6 Å². The highest BCUT2D eigenvalue weighted by molar-refractivity contribution is 5.77. The fourth-order valence-corrected chi connectivity index (χ4v) is 11.9. The zero-order chi connectivity index (χ0) is 60.4. The van der Waals surface area contributed by atoms with Crippen molar-refractivity contribution >= 4 is 17.9 Å². The van der Waals surface area contributed by atoms with Crippen LogP contribution in [-0.4, -0.2) is 238 Å². The predicted octanol–water partition coefficient (Wildman–Crippen LogP) is -1.41. The summed E-state index contributed by atoms with van der Waals surface area (Å²) in [6.45, 7) is 11.6. The normalized spacial score (nSPS) is 33.4. The van der Waals surface area contributed by atoms with Crippen molar-refractivity contribution in [1.82, 2.24) is 11.0 Å². The molecule has 3 rings (SSSR count). The monoisotopic (exact) mass is 1150 g/mol. The van der Waals surface area contributed by atoms with Gasteiger partial charge in [0.05, 0.1) is 88.9 Å². The molecule has 3 fully saturated rings. The molecule has 0 bridgehead atoms. The van der Waals surface area contributed by atoms with Crippen molar-refractivity contribution in [3.63, 3.8) is 0 Å². The minimum Gasteiger partial charge on any atom is -0.477 e. The summed E-state index contributed by atoms with van der Waals surface area (Å²) in [7, 11) is 0. The molecule has 0 spiro atoms. The lowest BCUT2D eigenvalue weighted by Gasteiger charge is -2.46. The van der Waals surface area contributed by atoms with Crippen molar-refractivity contribution in [3.8, 4) is 0 Å². The number of ether oxygens (including phenoxy) is 6. The summed E-state index contributed by atoms with van der Waals surface area (Å²) in [6.07, 6.45) is -21.9. The molecule has 27 nitrogen and oxygen atoms in total. The van der Waals surface area contributed by atoms with Crippen LogP contribution < -0.4 is 11.0 Å². The number of carbonyl (C=O) groups is 3. The van der Waals surface area contributed by atoms with Crippen LogP contribution in [0.4, 0.5) is 0 Å². The van der Waals surface area contributed by atoms with E-state index in [0.717, 1.165) is 0 Å². The minimum absolute atomic E-state index is 0.0346. The van der Waals surface area contributed by atoms with Gasteiger partial charge in [-0.1, -0.05) is 41.5 Å². The summed E-state index contributed by atoms with van der Waals surface area (Å²) < 4.78 is 43.7. The zero-order valence-electron chi connectivity index (χ0n) is 47.9. The smallest absolute Gasteiger partial charge is 0.364 e. The highest BCUT2D eigenvalue weighted by Crippen LogP contribution is 2.42. The second kappa shape index (κ2) is 32.6. The first-order valence-electron chi connectivity index (χ1n) is 28.4. The van der Waals surface area contributed by atoms with Crippen LogP contribution in [0.1, 0.15) is 121 Å². The van der Waals surface area contributed by atoms with E-state index in [1.54, 1.807) is 20.8 Å². The number of hydrogen-bond donors (Lipinski definition) is 16. The molecule has 27 heteroatoms. The molecule has 16 N–H and O–H groups in total. The first-order chi connectivity index (χ1) is 37.6. The summed E-state index contributed by atoms with van der Waals surface area (Å²) in [6, 6.07) is -2.63. The molecule has 0 aliphatic carbocycles. The molecule has 0 saturated carbocycles. The van der Waals surface area contributed by atoms with E-state index in [0.29, 0.717) is 6.42 Å². The Labute approximate surface area is 463 Å². The molecule has 0 aromatic rings. The van der Waals surface area contributed by atoms with Crippen LogP contribution in [0, 0.1) is 41.4 Å². The lowest BCUT2D eigenvalue weighted by Crippen LogP contribution is -2.67. The Morgan fingerprint density at radius 2 is 1.00 bits per heavy atom. The van der Waals surface area contributed by atoms with Gasteiger partial charge in [-0.25, -0.2) is 14.4 Å². The zero-order valence-corrected chi connectivity index (χ0v) is 46.9. The van der Waals surface area contributed by atoms with Crippen LogP contribution in [0.3, 0.4) is 0 Å². The highest BCUT2D eigenvalue weighted by atomic mass is 16.7. The van der Waals surface area contributed by atoms with Gasteiger partial charge in [-0.15, -0.1) is 0 Å². The van der Waals surface area contributed by atoms with Crippen molar-refractivity contribution in [1.29, 1.82) is 0 Å². The molecule has 3 aliphatic rings. The van der Waals surface area contributed by atoms with E-state index < -0.39 is 191 Å². The van der Waals surface area contributed by atoms with Gasteiger partial charge in [0.1, 0.15) is 42.7 Å². The predicted molar refractivity (Wildman–Crippen MR) is 275 cm³/mol. The second-order valence-electron chi connectivity index (χ2n) is 22.1. The second-order valence-corrected chi connectivity index (χ2v) is 22.1. The maximum absolute atomic E-state index is 13.2. The Hall–Kier alpha value is -2.43. The van der Waals surface area contributed by atoms with Crippen LogP contribution in [0.25, 0.3) is 0 Å². The van der Waals surface area contributed by atoms with Gasteiger partial charge in [0.15, 0.2) is 0 Å². The third kappa shape index (κ3) is 18.3. The summed E-state index contributed by atoms with van der Waals surface area (Å²) >= 11 is 0. The third-order valence-corrected chi connectivity index (χ3v) is 15.8. The molecular formula is C52H96N2O25. The van der Waals surface area contributed by atoms with E-state index in [1.807, 2.05) is 0 Å². The summed E-state index contributed by atoms with van der Waals surface area (Å²) in [5.74, 6) is -14.5. The van der Waals surface area contributed by atoms with E-state index in [9.17, 15) is 85.9 Å². The molecule has 0 radical (unpaired) electrons. The van der Waals surface area contributed by atoms with Gasteiger partial charge in [-0.3, -0.25) is 0 Å². The molecular weight excluding hydrogens is 1050 g/mol. The van der Waals surface area contributed by atoms with Gasteiger partial charge >= 0.3 is 17.9 Å². The number of hydroxylamine groups is 2. The lowest BCUT2D eigenvalue weighted by atomic mass is 9.70. The number of aliphatic carboxylic acids is 3. The average Bonchev–Trinajstić information content (AvgIpc) is 3.40. The van der Waals surface area contributed by atoms with Gasteiger partial charge in [-0.2, -0.15) is 11.0 Å². The van der Waals surface area contributed by atoms with E-state index in [2.05, 4.69) is 45.6 Å². The number of aliphatic hydroxyl groups excluding tert-OH is 11. The molecule has 464 valence electrons. The van der Waals surface area contributed by atoms with Gasteiger partial charge in [0.2, 0.25) is 0 Å². The summed E-state index contributed by atoms with van der Waals surface area (Å²) in [4.78, 5) is 50.0. The number of carboxylic acid groups (broad SMARTS) is 3. The summed E-state index contributed by atoms with van der Waals surface area (Å²) in [5, 5.41) is 150. The van der Waals surface area contributed by atoms with Crippen LogP contribution in [0.15, 0.2) is 0 Å². The molecule has 79 heavy (non-hydrogen) atoms. The Balaban J connectivity index is 2.14. The Morgan fingerprint density at radius 1 is 0.595 bits per heavy atom. The molecule has 0 aromatic carbocycles. The highest BCUT2D eigenvalue weighted by Gasteiger charge is 2.58. The van der Waals surface area contributed by atoms with Gasteiger partial charge < -0.3 is 110 Å². The standard InChI is InChI=1S/C52H96N2O25/c1-10-32-33(58)21-50(47(66)67,77-44(32)41(63)29(9)57)73-18-15-30(16-19-74-52(49(70)71)23-35(60)40(54-76-12-3)46(79-52)43(65)37(62)25-56)31(20-28(8)38(26(4)5)27(6)7)14-13-17-72-51(48(68)69)22-34(59)39(53-75-11-2)45(78-51)42(64)36(61)24-55/h26-46,53-65H,10-25H2,1-9H3,(H,66,67)(H,68,69)(H,70,71)/i9D. The third-order valence-electron chi connectivity index (χ3n) is 15.8. The number of rotatable bonds is 37. The minimum atomic E-state index is -2.68. The molecule has 3 saturated heterocycles. The Morgan fingerprint density at radius 3 is 1.37 bits per heavy atom. The lowest BCUT2D eigenvalue weighted by molar-refractivity contribution is -0.321. The van der Waals surface area contributed by atoms with E-state index in [1.165, 1.54) is 0 Å². The molecule has 21 atom stereocenters. The van der Waals surface area contributed by atoms with Crippen molar-refractivity contribution in [2.24, 2.45) is 41.4 Å². The molecule has 3 aliphatic heterocycles. The number of carboxylic acids is 3. The topological polar surface area (TPSA) is 432 Å². The van der Waals surface area contributed by atoms with Crippen molar-refractivity contribution in [2.45, 2.75) is 223 Å². The average molecular weight is 1150 g/mol. The van der Waals surface area contributed by atoms with Gasteiger partial charge in [0, 0.05) is 26.6 Å². The maximum atomic E-state index is 13.2. The molecule has 0 aromatic heterocycles. The number of nitrogens with one attached hydrogen (secondary N) is 2. The molecule has 0 amide bonds. The van der Waals surface area contributed by atoms with Crippen molar-refractivity contribution in [2.75, 3.05) is 46.2 Å². The fraction of sp³-hybridized carbons (Fsp3) is 0.942. The van der Waals surface area contributed by atoms with Crippen molar-refractivity contribution < 1.29 is 125 Å². The van der Waals surface area contributed by atoms with Gasteiger partial charge in [0.25, 0.3) is 17.4 Å². The van der Waals surface area contributed by atoms with Crippen molar-refractivity contribution in [3.05, 3.63) is 0 Å². The van der Waals surface area contributed by atoms with Crippen LogP contribution >= 0.6 is 0 Å².